The lowest BCUT2D eigenvalue weighted by Gasteiger charge is -2.20. The molecule has 0 aliphatic carbocycles. The van der Waals surface area contributed by atoms with E-state index < -0.39 is 15.6 Å². The Morgan fingerprint density at radius 2 is 1.67 bits per heavy atom. The van der Waals surface area contributed by atoms with Gasteiger partial charge in [0.15, 0.2) is 5.43 Å². The SMILES string of the molecule is CC(C)(C)NS(=O)(=O)c1ccc(-c2cc(=O)cc[nH]2)cc1. The van der Waals surface area contributed by atoms with Crippen molar-refractivity contribution in [2.24, 2.45) is 0 Å². The highest BCUT2D eigenvalue weighted by molar-refractivity contribution is 7.89. The minimum absolute atomic E-state index is 0.102. The van der Waals surface area contributed by atoms with Crippen molar-refractivity contribution in [3.63, 3.8) is 0 Å². The smallest absolute Gasteiger partial charge is 0.241 e. The molecule has 0 radical (unpaired) electrons. The van der Waals surface area contributed by atoms with Crippen LogP contribution in [0, 0.1) is 0 Å². The van der Waals surface area contributed by atoms with Gasteiger partial charge in [0.05, 0.1) is 4.90 Å². The summed E-state index contributed by atoms with van der Waals surface area (Å²) in [5, 5.41) is 0. The second-order valence-electron chi connectivity index (χ2n) is 5.82. The predicted molar refractivity (Wildman–Crippen MR) is 82.6 cm³/mol. The minimum atomic E-state index is -3.55. The van der Waals surface area contributed by atoms with Gasteiger partial charge in [-0.2, -0.15) is 0 Å². The first-order valence-electron chi connectivity index (χ1n) is 6.51. The Morgan fingerprint density at radius 3 is 2.19 bits per heavy atom. The Bertz CT molecular complexity index is 785. The molecule has 2 aromatic rings. The highest BCUT2D eigenvalue weighted by Gasteiger charge is 2.21. The van der Waals surface area contributed by atoms with Crippen molar-refractivity contribution in [3.05, 3.63) is 52.8 Å². The van der Waals surface area contributed by atoms with Gasteiger partial charge in [-0.1, -0.05) is 12.1 Å². The van der Waals surface area contributed by atoms with Crippen LogP contribution in [0.3, 0.4) is 0 Å². The highest BCUT2D eigenvalue weighted by Crippen LogP contribution is 2.19. The van der Waals surface area contributed by atoms with E-state index in [2.05, 4.69) is 9.71 Å². The van der Waals surface area contributed by atoms with Crippen molar-refractivity contribution in [3.8, 4) is 11.3 Å². The monoisotopic (exact) mass is 306 g/mol. The van der Waals surface area contributed by atoms with Crippen LogP contribution in [-0.4, -0.2) is 18.9 Å². The molecular formula is C15H18N2O3S. The van der Waals surface area contributed by atoms with Crippen LogP contribution in [0.25, 0.3) is 11.3 Å². The highest BCUT2D eigenvalue weighted by atomic mass is 32.2. The average Bonchev–Trinajstić information content (AvgIpc) is 2.36. The molecule has 0 amide bonds. The van der Waals surface area contributed by atoms with E-state index in [-0.39, 0.29) is 10.3 Å². The number of aromatic amines is 1. The molecule has 5 nitrogen and oxygen atoms in total. The molecule has 1 aromatic heterocycles. The molecule has 0 spiro atoms. The summed E-state index contributed by atoms with van der Waals surface area (Å²) < 4.78 is 27.0. The van der Waals surface area contributed by atoms with E-state index >= 15 is 0 Å². The van der Waals surface area contributed by atoms with Gasteiger partial charge in [0.1, 0.15) is 0 Å². The molecule has 6 heteroatoms. The molecule has 2 rings (SSSR count). The van der Waals surface area contributed by atoms with Crippen molar-refractivity contribution in [2.75, 3.05) is 0 Å². The normalized spacial score (nSPS) is 12.3. The molecular weight excluding hydrogens is 288 g/mol. The third kappa shape index (κ3) is 4.03. The van der Waals surface area contributed by atoms with Crippen LogP contribution in [0.2, 0.25) is 0 Å². The first-order valence-corrected chi connectivity index (χ1v) is 7.99. The van der Waals surface area contributed by atoms with Crippen molar-refractivity contribution >= 4 is 10.0 Å². The fourth-order valence-corrected chi connectivity index (χ4v) is 3.31. The summed E-state index contributed by atoms with van der Waals surface area (Å²) in [6, 6.07) is 9.28. The number of benzene rings is 1. The number of hydrogen-bond acceptors (Lipinski definition) is 3. The van der Waals surface area contributed by atoms with Gasteiger partial charge in [0.25, 0.3) is 0 Å². The van der Waals surface area contributed by atoms with E-state index in [9.17, 15) is 13.2 Å². The lowest BCUT2D eigenvalue weighted by atomic mass is 10.1. The molecule has 21 heavy (non-hydrogen) atoms. The van der Waals surface area contributed by atoms with Crippen LogP contribution >= 0.6 is 0 Å². The summed E-state index contributed by atoms with van der Waals surface area (Å²) in [7, 11) is -3.55. The first-order chi connectivity index (χ1) is 9.67. The lowest BCUT2D eigenvalue weighted by Crippen LogP contribution is -2.40. The fraction of sp³-hybridized carbons (Fsp3) is 0.267. The summed E-state index contributed by atoms with van der Waals surface area (Å²) in [6.07, 6.45) is 1.56. The van der Waals surface area contributed by atoms with Gasteiger partial charge in [-0.05, 0) is 38.5 Å². The molecule has 0 aliphatic heterocycles. The van der Waals surface area contributed by atoms with E-state index in [1.165, 1.54) is 24.3 Å². The second-order valence-corrected chi connectivity index (χ2v) is 7.50. The third-order valence-corrected chi connectivity index (χ3v) is 4.46. The van der Waals surface area contributed by atoms with Gasteiger partial charge in [0, 0.05) is 29.6 Å². The third-order valence-electron chi connectivity index (χ3n) is 2.69. The van der Waals surface area contributed by atoms with E-state index in [0.717, 1.165) is 5.56 Å². The molecule has 1 heterocycles. The average molecular weight is 306 g/mol. The molecule has 1 aromatic carbocycles. The van der Waals surface area contributed by atoms with Crippen LogP contribution in [0.15, 0.2) is 52.3 Å². The topological polar surface area (TPSA) is 79.0 Å². The van der Waals surface area contributed by atoms with Gasteiger partial charge in [-0.3, -0.25) is 4.79 Å². The lowest BCUT2D eigenvalue weighted by molar-refractivity contribution is 0.491. The summed E-state index contributed by atoms with van der Waals surface area (Å²) in [4.78, 5) is 14.5. The van der Waals surface area contributed by atoms with Crippen LogP contribution in [-0.2, 0) is 10.0 Å². The Labute approximate surface area is 124 Å². The fourth-order valence-electron chi connectivity index (χ4n) is 1.89. The summed E-state index contributed by atoms with van der Waals surface area (Å²) in [5.41, 5.74) is 0.759. The number of sulfonamides is 1. The van der Waals surface area contributed by atoms with Gasteiger partial charge in [-0.25, -0.2) is 13.1 Å². The number of rotatable bonds is 3. The molecule has 0 unspecified atom stereocenters. The molecule has 0 atom stereocenters. The van der Waals surface area contributed by atoms with Crippen molar-refractivity contribution in [2.45, 2.75) is 31.2 Å². The Hall–Kier alpha value is -1.92. The molecule has 0 fully saturated rings. The molecule has 2 N–H and O–H groups in total. The standard InChI is InChI=1S/C15H18N2O3S/c1-15(2,3)17-21(19,20)13-6-4-11(5-7-13)14-10-12(18)8-9-16-14/h4-10,17H,1-3H3,(H,16,18). The largest absolute Gasteiger partial charge is 0.361 e. The molecule has 112 valence electrons. The van der Waals surface area contributed by atoms with E-state index in [4.69, 9.17) is 0 Å². The van der Waals surface area contributed by atoms with Crippen molar-refractivity contribution in [1.82, 2.24) is 9.71 Å². The van der Waals surface area contributed by atoms with Gasteiger partial charge >= 0.3 is 0 Å². The zero-order valence-corrected chi connectivity index (χ0v) is 13.0. The van der Waals surface area contributed by atoms with Crippen LogP contribution in [0.4, 0.5) is 0 Å². The summed E-state index contributed by atoms with van der Waals surface area (Å²) in [5.74, 6) is 0. The maximum atomic E-state index is 12.2. The Kier molecular flexibility index (Phi) is 4.02. The van der Waals surface area contributed by atoms with Crippen molar-refractivity contribution in [1.29, 1.82) is 0 Å². The predicted octanol–water partition coefficient (Wildman–Crippen LogP) is 2.12. The number of nitrogens with one attached hydrogen (secondary N) is 2. The quantitative estimate of drug-likeness (QED) is 0.911. The number of H-pyrrole nitrogens is 1. The second kappa shape index (κ2) is 5.46. The number of aromatic nitrogens is 1. The molecule has 0 bridgehead atoms. The zero-order valence-electron chi connectivity index (χ0n) is 12.2. The zero-order chi connectivity index (χ0) is 15.7. The minimum Gasteiger partial charge on any atom is -0.361 e. The van der Waals surface area contributed by atoms with Crippen LogP contribution in [0.5, 0.6) is 0 Å². The summed E-state index contributed by atoms with van der Waals surface area (Å²) in [6.45, 7) is 5.36. The summed E-state index contributed by atoms with van der Waals surface area (Å²) >= 11 is 0. The number of pyridine rings is 1. The van der Waals surface area contributed by atoms with Crippen LogP contribution in [0.1, 0.15) is 20.8 Å². The molecule has 0 saturated carbocycles. The van der Waals surface area contributed by atoms with Crippen molar-refractivity contribution < 1.29 is 8.42 Å². The Balaban J connectivity index is 2.33. The van der Waals surface area contributed by atoms with E-state index in [1.54, 1.807) is 39.1 Å². The Morgan fingerprint density at radius 1 is 1.05 bits per heavy atom. The van der Waals surface area contributed by atoms with Gasteiger partial charge < -0.3 is 4.98 Å². The van der Waals surface area contributed by atoms with Crippen LogP contribution < -0.4 is 10.2 Å². The molecule has 0 saturated heterocycles. The molecule has 0 aliphatic rings. The maximum absolute atomic E-state index is 12.2. The maximum Gasteiger partial charge on any atom is 0.241 e. The van der Waals surface area contributed by atoms with E-state index in [0.29, 0.717) is 5.69 Å². The van der Waals surface area contributed by atoms with Gasteiger partial charge in [-0.15, -0.1) is 0 Å². The number of hydrogen-bond donors (Lipinski definition) is 2. The van der Waals surface area contributed by atoms with Gasteiger partial charge in [0.2, 0.25) is 10.0 Å². The van der Waals surface area contributed by atoms with E-state index in [1.807, 2.05) is 0 Å². The first kappa shape index (κ1) is 15.5.